The second-order valence-electron chi connectivity index (χ2n) is 5.97. The lowest BCUT2D eigenvalue weighted by molar-refractivity contribution is -0.384. The Morgan fingerprint density at radius 3 is 2.53 bits per heavy atom. The third-order valence-corrected chi connectivity index (χ3v) is 4.14. The molecule has 30 heavy (non-hydrogen) atoms. The van der Waals surface area contributed by atoms with Crippen LogP contribution in [-0.4, -0.2) is 37.1 Å². The molecule has 1 amide bonds. The van der Waals surface area contributed by atoms with E-state index in [4.69, 9.17) is 14.2 Å². The Morgan fingerprint density at radius 1 is 1.23 bits per heavy atom. The molecule has 1 aliphatic rings. The number of nitrogens with one attached hydrogen (secondary N) is 1. The number of carbonyl (C=O) groups excluding carboxylic acids is 2. The maximum absolute atomic E-state index is 12.6. The van der Waals surface area contributed by atoms with Gasteiger partial charge in [0.05, 0.1) is 23.7 Å². The summed E-state index contributed by atoms with van der Waals surface area (Å²) in [5, 5.41) is 23.2. The van der Waals surface area contributed by atoms with Gasteiger partial charge in [-0.2, -0.15) is 5.26 Å². The van der Waals surface area contributed by atoms with Crippen LogP contribution in [-0.2, 0) is 9.53 Å². The van der Waals surface area contributed by atoms with Crippen molar-refractivity contribution >= 4 is 29.3 Å². The van der Waals surface area contributed by atoms with Crippen molar-refractivity contribution in [3.63, 3.8) is 0 Å². The van der Waals surface area contributed by atoms with Gasteiger partial charge in [0, 0.05) is 6.07 Å². The zero-order chi connectivity index (χ0) is 21.7. The molecule has 0 aliphatic carbocycles. The number of carbonyl (C=O) groups is 2. The van der Waals surface area contributed by atoms with Crippen LogP contribution in [0.4, 0.5) is 11.4 Å². The maximum Gasteiger partial charge on any atom is 0.338 e. The number of rotatable bonds is 5. The van der Waals surface area contributed by atoms with Crippen molar-refractivity contribution in [2.45, 2.75) is 0 Å². The number of nitro benzene ring substituents is 1. The van der Waals surface area contributed by atoms with Crippen molar-refractivity contribution in [2.75, 3.05) is 25.6 Å². The molecular weight excluding hydrogens is 394 g/mol. The van der Waals surface area contributed by atoms with Gasteiger partial charge in [0.1, 0.15) is 30.5 Å². The Hall–Kier alpha value is -4.39. The molecule has 1 N–H and O–H groups in total. The first-order valence-corrected chi connectivity index (χ1v) is 8.63. The van der Waals surface area contributed by atoms with Crippen LogP contribution >= 0.6 is 0 Å². The van der Waals surface area contributed by atoms with E-state index in [0.29, 0.717) is 0 Å². The average Bonchev–Trinajstić information content (AvgIpc) is 2.76. The number of nitro groups is 1. The van der Waals surface area contributed by atoms with Gasteiger partial charge in [-0.1, -0.05) is 18.2 Å². The molecule has 10 nitrogen and oxygen atoms in total. The predicted octanol–water partition coefficient (Wildman–Crippen LogP) is 2.70. The van der Waals surface area contributed by atoms with E-state index in [2.05, 4.69) is 5.32 Å². The second kappa shape index (κ2) is 8.74. The molecule has 0 spiro atoms. The smallest absolute Gasteiger partial charge is 0.338 e. The summed E-state index contributed by atoms with van der Waals surface area (Å²) in [6, 6.07) is 10.4. The summed E-state index contributed by atoms with van der Waals surface area (Å²) in [5.74, 6) is -1.10. The Balaban J connectivity index is 1.95. The number of methoxy groups -OCH3 is 1. The van der Waals surface area contributed by atoms with E-state index in [1.807, 2.05) is 0 Å². The monoisotopic (exact) mass is 409 g/mol. The Bertz CT molecular complexity index is 1100. The average molecular weight is 409 g/mol. The lowest BCUT2D eigenvalue weighted by Gasteiger charge is -2.19. The highest BCUT2D eigenvalue weighted by Gasteiger charge is 2.24. The number of amides is 1. The molecule has 152 valence electrons. The van der Waals surface area contributed by atoms with Gasteiger partial charge in [0.15, 0.2) is 11.5 Å². The summed E-state index contributed by atoms with van der Waals surface area (Å²) in [5.41, 5.74) is -0.495. The predicted molar refractivity (Wildman–Crippen MR) is 104 cm³/mol. The number of ether oxygens (including phenoxy) is 3. The summed E-state index contributed by atoms with van der Waals surface area (Å²) < 4.78 is 15.4. The standard InChI is InChI=1S/C20H15N3O7/c1-28-20(25)14-5-3-2-4-12(14)8-13(11-21)19(24)22-15-9-17-18(30-7-6-29-17)10-16(15)23(26)27/h2-5,8-10H,6-7H2,1H3,(H,22,24)/b13-8+. The summed E-state index contributed by atoms with van der Waals surface area (Å²) in [7, 11) is 1.21. The molecule has 0 bridgehead atoms. The van der Waals surface area contributed by atoms with Crippen molar-refractivity contribution in [2.24, 2.45) is 0 Å². The zero-order valence-corrected chi connectivity index (χ0v) is 15.7. The van der Waals surface area contributed by atoms with Crippen LogP contribution in [0.2, 0.25) is 0 Å². The number of benzene rings is 2. The molecular formula is C20H15N3O7. The van der Waals surface area contributed by atoms with Gasteiger partial charge < -0.3 is 19.5 Å². The molecule has 0 atom stereocenters. The fourth-order valence-electron chi connectivity index (χ4n) is 2.74. The van der Waals surface area contributed by atoms with Gasteiger partial charge in [0.25, 0.3) is 11.6 Å². The van der Waals surface area contributed by atoms with Crippen molar-refractivity contribution in [1.82, 2.24) is 0 Å². The molecule has 2 aromatic rings. The minimum Gasteiger partial charge on any atom is -0.486 e. The SMILES string of the molecule is COC(=O)c1ccccc1/C=C(\C#N)C(=O)Nc1cc2c(cc1[N+](=O)[O-])OCCO2. The van der Waals surface area contributed by atoms with E-state index >= 15 is 0 Å². The molecule has 0 unspecified atom stereocenters. The number of anilines is 1. The van der Waals surface area contributed by atoms with E-state index in [1.54, 1.807) is 18.2 Å². The first-order valence-electron chi connectivity index (χ1n) is 8.63. The highest BCUT2D eigenvalue weighted by atomic mass is 16.6. The van der Waals surface area contributed by atoms with Crippen molar-refractivity contribution in [3.8, 4) is 17.6 Å². The molecule has 0 fully saturated rings. The van der Waals surface area contributed by atoms with E-state index in [9.17, 15) is 25.0 Å². The van der Waals surface area contributed by atoms with Crippen LogP contribution in [0.25, 0.3) is 6.08 Å². The number of fused-ring (bicyclic) bond motifs is 1. The molecule has 1 aliphatic heterocycles. The Labute approximate surface area is 170 Å². The topological polar surface area (TPSA) is 141 Å². The third kappa shape index (κ3) is 4.20. The first-order chi connectivity index (χ1) is 14.4. The normalized spacial score (nSPS) is 12.5. The largest absolute Gasteiger partial charge is 0.486 e. The molecule has 0 aromatic heterocycles. The minimum atomic E-state index is -0.892. The molecule has 10 heteroatoms. The summed E-state index contributed by atoms with van der Waals surface area (Å²) >= 11 is 0. The molecule has 0 radical (unpaired) electrons. The van der Waals surface area contributed by atoms with Gasteiger partial charge in [-0.05, 0) is 17.7 Å². The van der Waals surface area contributed by atoms with E-state index < -0.39 is 22.5 Å². The van der Waals surface area contributed by atoms with Gasteiger partial charge >= 0.3 is 5.97 Å². The molecule has 0 saturated carbocycles. The van der Waals surface area contributed by atoms with Crippen LogP contribution in [0.3, 0.4) is 0 Å². The van der Waals surface area contributed by atoms with Crippen LogP contribution in [0.1, 0.15) is 15.9 Å². The van der Waals surface area contributed by atoms with Crippen molar-refractivity contribution in [3.05, 3.63) is 63.2 Å². The van der Waals surface area contributed by atoms with Gasteiger partial charge in [-0.25, -0.2) is 4.79 Å². The van der Waals surface area contributed by atoms with Crippen LogP contribution in [0.5, 0.6) is 11.5 Å². The number of esters is 1. The van der Waals surface area contributed by atoms with Crippen LogP contribution < -0.4 is 14.8 Å². The minimum absolute atomic E-state index is 0.156. The third-order valence-electron chi connectivity index (χ3n) is 4.14. The Kier molecular flexibility index (Phi) is 5.93. The van der Waals surface area contributed by atoms with E-state index in [1.165, 1.54) is 31.4 Å². The number of nitrogens with zero attached hydrogens (tertiary/aromatic N) is 2. The fraction of sp³-hybridized carbons (Fsp3) is 0.150. The second-order valence-corrected chi connectivity index (χ2v) is 5.97. The molecule has 1 heterocycles. The molecule has 3 rings (SSSR count). The van der Waals surface area contributed by atoms with E-state index in [0.717, 1.165) is 6.07 Å². The van der Waals surface area contributed by atoms with Gasteiger partial charge in [-0.15, -0.1) is 0 Å². The van der Waals surface area contributed by atoms with E-state index in [-0.39, 0.29) is 47.1 Å². The molecule has 0 saturated heterocycles. The van der Waals surface area contributed by atoms with Crippen LogP contribution in [0.15, 0.2) is 42.0 Å². The highest BCUT2D eigenvalue weighted by Crippen LogP contribution is 2.39. The summed E-state index contributed by atoms with van der Waals surface area (Å²) in [6.45, 7) is 0.503. The van der Waals surface area contributed by atoms with Gasteiger partial charge in [0.2, 0.25) is 0 Å². The number of hydrogen-bond acceptors (Lipinski definition) is 8. The Morgan fingerprint density at radius 2 is 1.90 bits per heavy atom. The molecule has 2 aromatic carbocycles. The summed E-state index contributed by atoms with van der Waals surface area (Å²) in [4.78, 5) is 35.2. The number of hydrogen-bond donors (Lipinski definition) is 1. The quantitative estimate of drug-likeness (QED) is 0.261. The first kappa shape index (κ1) is 20.3. The van der Waals surface area contributed by atoms with Crippen LogP contribution in [0, 0.1) is 21.4 Å². The zero-order valence-electron chi connectivity index (χ0n) is 15.7. The highest BCUT2D eigenvalue weighted by molar-refractivity contribution is 6.11. The van der Waals surface area contributed by atoms with Crippen molar-refractivity contribution in [1.29, 1.82) is 5.26 Å². The summed E-state index contributed by atoms with van der Waals surface area (Å²) in [6.07, 6.45) is 1.20. The lowest BCUT2D eigenvalue weighted by Crippen LogP contribution is -2.18. The fourth-order valence-corrected chi connectivity index (χ4v) is 2.74. The van der Waals surface area contributed by atoms with Gasteiger partial charge in [-0.3, -0.25) is 14.9 Å². The number of nitriles is 1. The van der Waals surface area contributed by atoms with Crippen molar-refractivity contribution < 1.29 is 28.7 Å². The maximum atomic E-state index is 12.6. The lowest BCUT2D eigenvalue weighted by atomic mass is 10.0.